The number of phenolic OH excluding ortho intramolecular Hbond substituents is 1. The minimum absolute atomic E-state index is 0.0328. The van der Waals surface area contributed by atoms with Crippen LogP contribution in [0.15, 0.2) is 41.6 Å². The lowest BCUT2D eigenvalue weighted by molar-refractivity contribution is 0.0724. The molecule has 0 spiro atoms. The Morgan fingerprint density at radius 1 is 1.24 bits per heavy atom. The molecule has 2 heterocycles. The normalized spacial score (nSPS) is 14.6. The fraction of sp³-hybridized carbons (Fsp3) is 0.409. The summed E-state index contributed by atoms with van der Waals surface area (Å²) in [5.41, 5.74) is 1.92. The average molecular weight is 396 g/mol. The Bertz CT molecular complexity index is 874. The van der Waals surface area contributed by atoms with E-state index in [1.165, 1.54) is 6.42 Å². The summed E-state index contributed by atoms with van der Waals surface area (Å²) < 4.78 is 5.25. The SMILES string of the molecule is CC/C(=N\N(C)c1ccc(C(=O)N2CCCCC2)cn1)c1cc(OC)ccc1O. The van der Waals surface area contributed by atoms with E-state index in [2.05, 4.69) is 10.1 Å². The lowest BCUT2D eigenvalue weighted by atomic mass is 10.1. The number of hydrazone groups is 1. The third-order valence-electron chi connectivity index (χ3n) is 5.09. The summed E-state index contributed by atoms with van der Waals surface area (Å²) >= 11 is 0. The molecule has 2 aromatic rings. The zero-order valence-electron chi connectivity index (χ0n) is 17.3. The maximum atomic E-state index is 12.6. The van der Waals surface area contributed by atoms with Gasteiger partial charge in [-0.2, -0.15) is 5.10 Å². The van der Waals surface area contributed by atoms with Crippen LogP contribution in [-0.4, -0.2) is 53.9 Å². The summed E-state index contributed by atoms with van der Waals surface area (Å²) in [5.74, 6) is 1.45. The topological polar surface area (TPSA) is 78.3 Å². The summed E-state index contributed by atoms with van der Waals surface area (Å²) in [6.07, 6.45) is 5.53. The Balaban J connectivity index is 1.78. The number of nitrogens with zero attached hydrogens (tertiary/aromatic N) is 4. The molecular weight excluding hydrogens is 368 g/mol. The number of aromatic nitrogens is 1. The third kappa shape index (κ3) is 4.85. The summed E-state index contributed by atoms with van der Waals surface area (Å²) in [6, 6.07) is 8.65. The number of phenols is 1. The van der Waals surface area contributed by atoms with Gasteiger partial charge in [-0.15, -0.1) is 0 Å². The van der Waals surface area contributed by atoms with Crippen molar-refractivity contribution in [1.82, 2.24) is 9.88 Å². The second-order valence-corrected chi connectivity index (χ2v) is 7.06. The smallest absolute Gasteiger partial charge is 0.255 e. The van der Waals surface area contributed by atoms with Crippen LogP contribution < -0.4 is 9.75 Å². The van der Waals surface area contributed by atoms with E-state index in [4.69, 9.17) is 4.74 Å². The molecule has 0 saturated carbocycles. The zero-order chi connectivity index (χ0) is 20.8. The van der Waals surface area contributed by atoms with E-state index in [0.29, 0.717) is 34.8 Å². The number of rotatable bonds is 6. The molecule has 0 bridgehead atoms. The van der Waals surface area contributed by atoms with E-state index in [-0.39, 0.29) is 11.7 Å². The van der Waals surface area contributed by atoms with Gasteiger partial charge in [-0.1, -0.05) is 6.92 Å². The van der Waals surface area contributed by atoms with Crippen LogP contribution >= 0.6 is 0 Å². The number of methoxy groups -OCH3 is 1. The van der Waals surface area contributed by atoms with Gasteiger partial charge in [-0.05, 0) is 56.0 Å². The minimum atomic E-state index is 0.0328. The number of carbonyl (C=O) groups excluding carboxylic acids is 1. The molecule has 0 radical (unpaired) electrons. The van der Waals surface area contributed by atoms with Crippen LogP contribution in [0, 0.1) is 0 Å². The predicted octanol–water partition coefficient (Wildman–Crippen LogP) is 3.67. The number of likely N-dealkylation sites (tertiary alicyclic amines) is 1. The van der Waals surface area contributed by atoms with Crippen molar-refractivity contribution >= 4 is 17.4 Å². The van der Waals surface area contributed by atoms with Gasteiger partial charge >= 0.3 is 0 Å². The van der Waals surface area contributed by atoms with Crippen molar-refractivity contribution in [2.24, 2.45) is 5.10 Å². The molecule has 154 valence electrons. The number of ether oxygens (including phenoxy) is 1. The Hall–Kier alpha value is -3.09. The van der Waals surface area contributed by atoms with Crippen LogP contribution in [0.4, 0.5) is 5.82 Å². The summed E-state index contributed by atoms with van der Waals surface area (Å²) in [4.78, 5) is 18.9. The lowest BCUT2D eigenvalue weighted by Gasteiger charge is -2.26. The molecule has 7 nitrogen and oxygen atoms in total. The number of pyridine rings is 1. The fourth-order valence-electron chi connectivity index (χ4n) is 3.40. The van der Waals surface area contributed by atoms with Crippen molar-refractivity contribution < 1.29 is 14.6 Å². The number of anilines is 1. The van der Waals surface area contributed by atoms with Crippen molar-refractivity contribution in [3.8, 4) is 11.5 Å². The van der Waals surface area contributed by atoms with Crippen LogP contribution in [0.2, 0.25) is 0 Å². The molecule has 0 atom stereocenters. The number of piperidine rings is 1. The van der Waals surface area contributed by atoms with E-state index in [9.17, 15) is 9.90 Å². The van der Waals surface area contributed by atoms with Crippen LogP contribution in [0.5, 0.6) is 11.5 Å². The fourth-order valence-corrected chi connectivity index (χ4v) is 3.40. The molecule has 1 N–H and O–H groups in total. The first-order valence-electron chi connectivity index (χ1n) is 9.97. The standard InChI is InChI=1S/C22H28N4O3/c1-4-19(18-14-17(29-3)9-10-20(18)27)24-25(2)21-11-8-16(15-23-21)22(28)26-12-6-5-7-13-26/h8-11,14-15,27H,4-7,12-13H2,1-3H3/b24-19+. The summed E-state index contributed by atoms with van der Waals surface area (Å²) in [7, 11) is 3.38. The molecule has 1 aromatic heterocycles. The summed E-state index contributed by atoms with van der Waals surface area (Å²) in [5, 5.41) is 16.5. The van der Waals surface area contributed by atoms with Gasteiger partial charge in [-0.3, -0.25) is 9.80 Å². The van der Waals surface area contributed by atoms with Crippen LogP contribution in [-0.2, 0) is 0 Å². The van der Waals surface area contributed by atoms with Crippen molar-refractivity contribution in [2.75, 3.05) is 32.3 Å². The van der Waals surface area contributed by atoms with E-state index in [0.717, 1.165) is 25.9 Å². The van der Waals surface area contributed by atoms with E-state index < -0.39 is 0 Å². The Labute approximate surface area is 171 Å². The highest BCUT2D eigenvalue weighted by Gasteiger charge is 2.18. The molecule has 29 heavy (non-hydrogen) atoms. The number of aromatic hydroxyl groups is 1. The predicted molar refractivity (Wildman–Crippen MR) is 114 cm³/mol. The molecule has 0 aliphatic carbocycles. The molecule has 3 rings (SSSR count). The molecule has 0 unspecified atom stereocenters. The molecule has 7 heteroatoms. The Kier molecular flexibility index (Phi) is 6.69. The van der Waals surface area contributed by atoms with Gasteiger partial charge in [0.15, 0.2) is 0 Å². The number of amides is 1. The highest BCUT2D eigenvalue weighted by Crippen LogP contribution is 2.25. The average Bonchev–Trinajstić information content (AvgIpc) is 2.78. The molecule has 1 saturated heterocycles. The van der Waals surface area contributed by atoms with Gasteiger partial charge in [0.25, 0.3) is 5.91 Å². The Morgan fingerprint density at radius 3 is 2.62 bits per heavy atom. The van der Waals surface area contributed by atoms with Crippen molar-refractivity contribution in [2.45, 2.75) is 32.6 Å². The maximum absolute atomic E-state index is 12.6. The number of hydrogen-bond acceptors (Lipinski definition) is 6. The second kappa shape index (κ2) is 9.41. The highest BCUT2D eigenvalue weighted by molar-refractivity contribution is 6.03. The highest BCUT2D eigenvalue weighted by atomic mass is 16.5. The quantitative estimate of drug-likeness (QED) is 0.595. The number of hydrogen-bond donors (Lipinski definition) is 1. The summed E-state index contributed by atoms with van der Waals surface area (Å²) in [6.45, 7) is 3.60. The molecule has 1 fully saturated rings. The van der Waals surface area contributed by atoms with Crippen LogP contribution in [0.3, 0.4) is 0 Å². The molecule has 1 amide bonds. The van der Waals surface area contributed by atoms with Gasteiger partial charge in [0, 0.05) is 31.9 Å². The van der Waals surface area contributed by atoms with E-state index >= 15 is 0 Å². The van der Waals surface area contributed by atoms with Gasteiger partial charge in [0.05, 0.1) is 18.4 Å². The van der Waals surface area contributed by atoms with E-state index in [1.807, 2.05) is 11.8 Å². The molecule has 1 aliphatic rings. The monoisotopic (exact) mass is 396 g/mol. The maximum Gasteiger partial charge on any atom is 0.255 e. The van der Waals surface area contributed by atoms with Crippen molar-refractivity contribution in [1.29, 1.82) is 0 Å². The van der Waals surface area contributed by atoms with Gasteiger partial charge in [0.2, 0.25) is 0 Å². The zero-order valence-corrected chi connectivity index (χ0v) is 17.3. The first-order valence-corrected chi connectivity index (χ1v) is 9.97. The first-order chi connectivity index (χ1) is 14.0. The van der Waals surface area contributed by atoms with Crippen LogP contribution in [0.25, 0.3) is 0 Å². The number of carbonyl (C=O) groups is 1. The first kappa shape index (κ1) is 20.6. The molecule has 1 aliphatic heterocycles. The molecule has 1 aromatic carbocycles. The largest absolute Gasteiger partial charge is 0.507 e. The minimum Gasteiger partial charge on any atom is -0.507 e. The van der Waals surface area contributed by atoms with Gasteiger partial charge < -0.3 is 14.7 Å². The molecular formula is C22H28N4O3. The number of benzene rings is 1. The second-order valence-electron chi connectivity index (χ2n) is 7.06. The van der Waals surface area contributed by atoms with Crippen molar-refractivity contribution in [3.05, 3.63) is 47.7 Å². The van der Waals surface area contributed by atoms with Crippen LogP contribution in [0.1, 0.15) is 48.5 Å². The van der Waals surface area contributed by atoms with Crippen molar-refractivity contribution in [3.63, 3.8) is 0 Å². The van der Waals surface area contributed by atoms with Gasteiger partial charge in [-0.25, -0.2) is 4.98 Å². The third-order valence-corrected chi connectivity index (χ3v) is 5.09. The van der Waals surface area contributed by atoms with Gasteiger partial charge in [0.1, 0.15) is 17.3 Å². The lowest BCUT2D eigenvalue weighted by Crippen LogP contribution is -2.35. The Morgan fingerprint density at radius 2 is 2.00 bits per heavy atom. The van der Waals surface area contributed by atoms with E-state index in [1.54, 1.807) is 55.7 Å².